The van der Waals surface area contributed by atoms with Gasteiger partial charge in [-0.1, -0.05) is 30.3 Å². The Hall–Kier alpha value is -0.860. The fraction of sp³-hybridized carbons (Fsp3) is 0.600. The van der Waals surface area contributed by atoms with Crippen LogP contribution < -0.4 is 5.32 Å². The van der Waals surface area contributed by atoms with Gasteiger partial charge in [-0.25, -0.2) is 0 Å². The van der Waals surface area contributed by atoms with Crippen molar-refractivity contribution >= 4 is 0 Å². The first-order valence-electron chi connectivity index (χ1n) is 6.58. The number of ether oxygens (including phenoxy) is 1. The van der Waals surface area contributed by atoms with Crippen LogP contribution in [0, 0.1) is 5.41 Å². The molecule has 0 saturated heterocycles. The lowest BCUT2D eigenvalue weighted by Gasteiger charge is -2.15. The zero-order valence-electron chi connectivity index (χ0n) is 10.7. The minimum absolute atomic E-state index is 0.562. The molecule has 1 aliphatic carbocycles. The molecule has 2 nitrogen and oxygen atoms in total. The van der Waals surface area contributed by atoms with E-state index in [0.717, 1.165) is 26.1 Å². The molecule has 1 fully saturated rings. The highest BCUT2D eigenvalue weighted by molar-refractivity contribution is 5.14. The highest BCUT2D eigenvalue weighted by Gasteiger charge is 2.41. The molecule has 94 valence electrons. The fourth-order valence-electron chi connectivity index (χ4n) is 2.24. The summed E-state index contributed by atoms with van der Waals surface area (Å²) in [5.41, 5.74) is 1.98. The SMILES string of the molecule is COCCC1(CNCCc2ccccc2)CC1. The van der Waals surface area contributed by atoms with E-state index in [1.54, 1.807) is 7.11 Å². The topological polar surface area (TPSA) is 21.3 Å². The van der Waals surface area contributed by atoms with Gasteiger partial charge in [-0.15, -0.1) is 0 Å². The molecule has 2 heteroatoms. The van der Waals surface area contributed by atoms with Gasteiger partial charge in [0.25, 0.3) is 0 Å². The molecular weight excluding hydrogens is 210 g/mol. The number of rotatable bonds is 8. The van der Waals surface area contributed by atoms with Gasteiger partial charge in [0.05, 0.1) is 0 Å². The number of methoxy groups -OCH3 is 1. The van der Waals surface area contributed by atoms with E-state index >= 15 is 0 Å². The summed E-state index contributed by atoms with van der Waals surface area (Å²) in [5.74, 6) is 0. The maximum atomic E-state index is 5.17. The third-order valence-electron chi connectivity index (χ3n) is 3.73. The standard InChI is InChI=1S/C15H23NO/c1-17-12-10-15(8-9-15)13-16-11-7-14-5-3-2-4-6-14/h2-6,16H,7-13H2,1H3. The van der Waals surface area contributed by atoms with Crippen LogP contribution in [0.3, 0.4) is 0 Å². The minimum Gasteiger partial charge on any atom is -0.385 e. The zero-order chi connectivity index (χ0) is 12.0. The van der Waals surface area contributed by atoms with E-state index in [1.165, 1.54) is 24.8 Å². The molecule has 0 aliphatic heterocycles. The second-order valence-electron chi connectivity index (χ2n) is 5.16. The van der Waals surface area contributed by atoms with Crippen molar-refractivity contribution in [3.05, 3.63) is 35.9 Å². The average Bonchev–Trinajstić information content (AvgIpc) is 3.14. The average molecular weight is 233 g/mol. The molecule has 0 spiro atoms. The van der Waals surface area contributed by atoms with E-state index in [0.29, 0.717) is 5.41 Å². The van der Waals surface area contributed by atoms with Crippen molar-refractivity contribution in [2.75, 3.05) is 26.8 Å². The first kappa shape index (κ1) is 12.6. The van der Waals surface area contributed by atoms with Gasteiger partial charge in [-0.3, -0.25) is 0 Å². The molecule has 0 radical (unpaired) electrons. The van der Waals surface area contributed by atoms with Gasteiger partial charge < -0.3 is 10.1 Å². The van der Waals surface area contributed by atoms with Crippen LogP contribution in [-0.4, -0.2) is 26.8 Å². The van der Waals surface area contributed by atoms with Crippen LogP contribution in [0.2, 0.25) is 0 Å². The normalized spacial score (nSPS) is 17.0. The number of hydrogen-bond acceptors (Lipinski definition) is 2. The van der Waals surface area contributed by atoms with Crippen LogP contribution >= 0.6 is 0 Å². The third kappa shape index (κ3) is 4.14. The molecule has 0 bridgehead atoms. The molecule has 1 saturated carbocycles. The van der Waals surface area contributed by atoms with Crippen LogP contribution in [0.5, 0.6) is 0 Å². The summed E-state index contributed by atoms with van der Waals surface area (Å²) < 4.78 is 5.17. The Labute approximate surface area is 104 Å². The van der Waals surface area contributed by atoms with Gasteiger partial charge in [-0.05, 0) is 43.2 Å². The quantitative estimate of drug-likeness (QED) is 0.697. The molecule has 0 unspecified atom stereocenters. The lowest BCUT2D eigenvalue weighted by Crippen LogP contribution is -2.26. The molecule has 1 aromatic rings. The monoisotopic (exact) mass is 233 g/mol. The minimum atomic E-state index is 0.562. The smallest absolute Gasteiger partial charge is 0.0468 e. The number of nitrogens with one attached hydrogen (secondary N) is 1. The van der Waals surface area contributed by atoms with Crippen molar-refractivity contribution in [2.45, 2.75) is 25.7 Å². The zero-order valence-corrected chi connectivity index (χ0v) is 10.7. The van der Waals surface area contributed by atoms with Crippen molar-refractivity contribution in [3.8, 4) is 0 Å². The predicted octanol–water partition coefficient (Wildman–Crippen LogP) is 2.64. The van der Waals surface area contributed by atoms with E-state index in [4.69, 9.17) is 4.74 Å². The summed E-state index contributed by atoms with van der Waals surface area (Å²) >= 11 is 0. The van der Waals surface area contributed by atoms with Crippen molar-refractivity contribution < 1.29 is 4.74 Å². The Morgan fingerprint density at radius 2 is 2.00 bits per heavy atom. The summed E-state index contributed by atoms with van der Waals surface area (Å²) in [7, 11) is 1.79. The van der Waals surface area contributed by atoms with Crippen LogP contribution in [0.15, 0.2) is 30.3 Å². The lowest BCUT2D eigenvalue weighted by atomic mass is 10.0. The van der Waals surface area contributed by atoms with E-state index in [1.807, 2.05) is 0 Å². The predicted molar refractivity (Wildman–Crippen MR) is 71.2 cm³/mol. The van der Waals surface area contributed by atoms with Crippen LogP contribution in [0.1, 0.15) is 24.8 Å². The highest BCUT2D eigenvalue weighted by Crippen LogP contribution is 2.48. The van der Waals surface area contributed by atoms with E-state index < -0.39 is 0 Å². The number of benzene rings is 1. The number of hydrogen-bond donors (Lipinski definition) is 1. The summed E-state index contributed by atoms with van der Waals surface area (Å²) in [6.07, 6.45) is 5.08. The molecule has 0 atom stereocenters. The second-order valence-corrected chi connectivity index (χ2v) is 5.16. The van der Waals surface area contributed by atoms with Crippen LogP contribution in [0.4, 0.5) is 0 Å². The summed E-state index contributed by atoms with van der Waals surface area (Å²) in [5, 5.41) is 3.59. The third-order valence-corrected chi connectivity index (χ3v) is 3.73. The molecule has 0 amide bonds. The lowest BCUT2D eigenvalue weighted by molar-refractivity contribution is 0.171. The largest absolute Gasteiger partial charge is 0.385 e. The Kier molecular flexibility index (Phi) is 4.57. The van der Waals surface area contributed by atoms with Gasteiger partial charge >= 0.3 is 0 Å². The summed E-state index contributed by atoms with van der Waals surface area (Å²) in [6, 6.07) is 10.7. The van der Waals surface area contributed by atoms with Gasteiger partial charge in [0, 0.05) is 20.3 Å². The van der Waals surface area contributed by atoms with E-state index in [-0.39, 0.29) is 0 Å². The second kappa shape index (κ2) is 6.18. The van der Waals surface area contributed by atoms with Crippen molar-refractivity contribution in [2.24, 2.45) is 5.41 Å². The van der Waals surface area contributed by atoms with Crippen molar-refractivity contribution in [3.63, 3.8) is 0 Å². The first-order chi connectivity index (χ1) is 8.35. The molecule has 0 heterocycles. The molecule has 2 rings (SSSR count). The summed E-state index contributed by atoms with van der Waals surface area (Å²) in [4.78, 5) is 0. The molecule has 17 heavy (non-hydrogen) atoms. The van der Waals surface area contributed by atoms with Crippen LogP contribution in [-0.2, 0) is 11.2 Å². The van der Waals surface area contributed by atoms with Gasteiger partial charge in [0.15, 0.2) is 0 Å². The Bertz CT molecular complexity index is 319. The summed E-state index contributed by atoms with van der Waals surface area (Å²) in [6.45, 7) is 3.14. The van der Waals surface area contributed by atoms with E-state index in [9.17, 15) is 0 Å². The fourth-order valence-corrected chi connectivity index (χ4v) is 2.24. The molecular formula is C15H23NO. The molecule has 0 aromatic heterocycles. The first-order valence-corrected chi connectivity index (χ1v) is 6.58. The molecule has 1 aromatic carbocycles. The van der Waals surface area contributed by atoms with Crippen molar-refractivity contribution in [1.82, 2.24) is 5.32 Å². The molecule has 1 N–H and O–H groups in total. The van der Waals surface area contributed by atoms with E-state index in [2.05, 4.69) is 35.6 Å². The van der Waals surface area contributed by atoms with Gasteiger partial charge in [0.1, 0.15) is 0 Å². The highest BCUT2D eigenvalue weighted by atomic mass is 16.5. The maximum Gasteiger partial charge on any atom is 0.0468 e. The Morgan fingerprint density at radius 1 is 1.24 bits per heavy atom. The van der Waals surface area contributed by atoms with Gasteiger partial charge in [-0.2, -0.15) is 0 Å². The Balaban J connectivity index is 1.60. The van der Waals surface area contributed by atoms with Crippen LogP contribution in [0.25, 0.3) is 0 Å². The van der Waals surface area contributed by atoms with Gasteiger partial charge in [0.2, 0.25) is 0 Å². The maximum absolute atomic E-state index is 5.17. The Morgan fingerprint density at radius 3 is 2.65 bits per heavy atom. The molecule has 1 aliphatic rings. The van der Waals surface area contributed by atoms with Crippen molar-refractivity contribution in [1.29, 1.82) is 0 Å².